The summed E-state index contributed by atoms with van der Waals surface area (Å²) < 4.78 is 6.76. The van der Waals surface area contributed by atoms with Crippen molar-refractivity contribution >= 4 is 46.2 Å². The number of aliphatic carboxylic acids is 1. The number of halogens is 2. The predicted molar refractivity (Wildman–Crippen MR) is 87.4 cm³/mol. The monoisotopic (exact) mass is 400 g/mol. The Labute approximate surface area is 135 Å². The molecule has 3 nitrogen and oxygen atoms in total. The van der Waals surface area contributed by atoms with Gasteiger partial charge in [0.1, 0.15) is 5.75 Å². The molecule has 0 unspecified atom stereocenters. The summed E-state index contributed by atoms with van der Waals surface area (Å²) in [6, 6.07) is 12.7. The molecular formula is C15H10ClIO3. The molecule has 0 heterocycles. The van der Waals surface area contributed by atoms with Crippen molar-refractivity contribution in [1.82, 2.24) is 0 Å². The zero-order chi connectivity index (χ0) is 14.5. The summed E-state index contributed by atoms with van der Waals surface area (Å²) in [5.74, 6) is 0.0900. The lowest BCUT2D eigenvalue weighted by Gasteiger charge is -2.11. The summed E-state index contributed by atoms with van der Waals surface area (Å²) in [5.41, 5.74) is 0.611. The number of para-hydroxylation sites is 2. The fraction of sp³-hybridized carbons (Fsp3) is 0. The van der Waals surface area contributed by atoms with Crippen LogP contribution in [0.5, 0.6) is 11.5 Å². The van der Waals surface area contributed by atoms with E-state index in [-0.39, 0.29) is 0 Å². The third-order valence-corrected chi connectivity index (χ3v) is 3.64. The lowest BCUT2D eigenvalue weighted by Crippen LogP contribution is -1.92. The van der Waals surface area contributed by atoms with E-state index in [4.69, 9.17) is 21.4 Å². The summed E-state index contributed by atoms with van der Waals surface area (Å²) in [4.78, 5) is 10.6. The third-order valence-electron chi connectivity index (χ3n) is 2.45. The first-order chi connectivity index (χ1) is 9.58. The number of carboxylic acid groups (broad SMARTS) is 1. The predicted octanol–water partition coefficient (Wildman–Crippen LogP) is 4.83. The van der Waals surface area contributed by atoms with Crippen molar-refractivity contribution in [1.29, 1.82) is 0 Å². The number of hydrogen-bond acceptors (Lipinski definition) is 2. The van der Waals surface area contributed by atoms with Gasteiger partial charge in [0, 0.05) is 11.6 Å². The van der Waals surface area contributed by atoms with E-state index in [1.54, 1.807) is 18.2 Å². The van der Waals surface area contributed by atoms with Crippen molar-refractivity contribution in [3.63, 3.8) is 0 Å². The Morgan fingerprint density at radius 3 is 2.65 bits per heavy atom. The van der Waals surface area contributed by atoms with E-state index < -0.39 is 5.97 Å². The largest absolute Gasteiger partial charge is 0.478 e. The zero-order valence-electron chi connectivity index (χ0n) is 10.2. The summed E-state index contributed by atoms with van der Waals surface area (Å²) in [6.45, 7) is 0. The van der Waals surface area contributed by atoms with Crippen molar-refractivity contribution in [2.75, 3.05) is 0 Å². The van der Waals surface area contributed by atoms with E-state index in [2.05, 4.69) is 22.6 Å². The molecule has 0 aliphatic heterocycles. The standard InChI is InChI=1S/C15H10ClIO3/c16-11-5-3-4-10(8-9-14(18)19)15(11)20-13-7-2-1-6-12(13)17/h1-9H,(H,18,19)/b9-8+. The molecule has 0 fully saturated rings. The molecule has 0 saturated carbocycles. The zero-order valence-corrected chi connectivity index (χ0v) is 13.1. The van der Waals surface area contributed by atoms with E-state index in [1.807, 2.05) is 24.3 Å². The number of carbonyl (C=O) groups is 1. The van der Waals surface area contributed by atoms with Gasteiger partial charge in [0.15, 0.2) is 5.75 Å². The van der Waals surface area contributed by atoms with Crippen LogP contribution in [0, 0.1) is 3.57 Å². The van der Waals surface area contributed by atoms with Crippen molar-refractivity contribution < 1.29 is 14.6 Å². The molecule has 0 amide bonds. The molecule has 5 heteroatoms. The minimum Gasteiger partial charge on any atom is -0.478 e. The molecule has 0 aromatic heterocycles. The Balaban J connectivity index is 2.40. The highest BCUT2D eigenvalue weighted by Crippen LogP contribution is 2.35. The normalized spacial score (nSPS) is 10.7. The second-order valence-electron chi connectivity index (χ2n) is 3.86. The Bertz CT molecular complexity index is 668. The Hall–Kier alpha value is -1.53. The van der Waals surface area contributed by atoms with Gasteiger partial charge in [0.05, 0.1) is 8.59 Å². The van der Waals surface area contributed by atoms with Gasteiger partial charge in [0.25, 0.3) is 0 Å². The summed E-state index contributed by atoms with van der Waals surface area (Å²) in [7, 11) is 0. The number of benzene rings is 2. The SMILES string of the molecule is O=C(O)/C=C/c1cccc(Cl)c1Oc1ccccc1I. The van der Waals surface area contributed by atoms with Crippen LogP contribution in [0.15, 0.2) is 48.5 Å². The van der Waals surface area contributed by atoms with Crippen LogP contribution in [-0.4, -0.2) is 11.1 Å². The van der Waals surface area contributed by atoms with Gasteiger partial charge in [0.2, 0.25) is 0 Å². The van der Waals surface area contributed by atoms with Crippen molar-refractivity contribution in [2.45, 2.75) is 0 Å². The second-order valence-corrected chi connectivity index (χ2v) is 5.43. The van der Waals surface area contributed by atoms with Gasteiger partial charge in [-0.05, 0) is 46.9 Å². The Kier molecular flexibility index (Phi) is 5.03. The van der Waals surface area contributed by atoms with E-state index in [9.17, 15) is 4.79 Å². The molecule has 2 rings (SSSR count). The van der Waals surface area contributed by atoms with Gasteiger partial charge in [-0.25, -0.2) is 4.79 Å². The molecule has 0 radical (unpaired) electrons. The van der Waals surface area contributed by atoms with Crippen LogP contribution in [0.2, 0.25) is 5.02 Å². The molecule has 0 atom stereocenters. The van der Waals surface area contributed by atoms with Crippen LogP contribution in [-0.2, 0) is 4.79 Å². The van der Waals surface area contributed by atoms with Crippen LogP contribution in [0.4, 0.5) is 0 Å². The molecule has 0 aliphatic rings. The molecule has 2 aromatic carbocycles. The molecule has 1 N–H and O–H groups in total. The maximum atomic E-state index is 10.6. The van der Waals surface area contributed by atoms with Gasteiger partial charge >= 0.3 is 5.97 Å². The molecule has 0 spiro atoms. The highest BCUT2D eigenvalue weighted by molar-refractivity contribution is 14.1. The smallest absolute Gasteiger partial charge is 0.328 e. The first-order valence-electron chi connectivity index (χ1n) is 5.70. The van der Waals surface area contributed by atoms with Crippen LogP contribution < -0.4 is 4.74 Å². The fourth-order valence-electron chi connectivity index (χ4n) is 1.56. The second kappa shape index (κ2) is 6.76. The number of hydrogen-bond donors (Lipinski definition) is 1. The first kappa shape index (κ1) is 14.9. The maximum Gasteiger partial charge on any atom is 0.328 e. The van der Waals surface area contributed by atoms with Crippen molar-refractivity contribution in [3.05, 3.63) is 62.7 Å². The molecule has 0 saturated heterocycles. The first-order valence-corrected chi connectivity index (χ1v) is 7.15. The van der Waals surface area contributed by atoms with E-state index in [0.717, 1.165) is 9.65 Å². The van der Waals surface area contributed by atoms with E-state index in [0.29, 0.717) is 22.1 Å². The van der Waals surface area contributed by atoms with Gasteiger partial charge in [-0.2, -0.15) is 0 Å². The average molecular weight is 401 g/mol. The van der Waals surface area contributed by atoms with Gasteiger partial charge in [-0.15, -0.1) is 0 Å². The van der Waals surface area contributed by atoms with E-state index in [1.165, 1.54) is 6.08 Å². The lowest BCUT2D eigenvalue weighted by molar-refractivity contribution is -0.131. The Morgan fingerprint density at radius 2 is 1.95 bits per heavy atom. The summed E-state index contributed by atoms with van der Waals surface area (Å²) >= 11 is 8.30. The van der Waals surface area contributed by atoms with Gasteiger partial charge in [-0.1, -0.05) is 35.9 Å². The minimum absolute atomic E-state index is 0.428. The number of ether oxygens (including phenoxy) is 1. The lowest BCUT2D eigenvalue weighted by atomic mass is 10.2. The van der Waals surface area contributed by atoms with E-state index >= 15 is 0 Å². The third kappa shape index (κ3) is 3.74. The van der Waals surface area contributed by atoms with Crippen LogP contribution >= 0.6 is 34.2 Å². The van der Waals surface area contributed by atoms with Crippen LogP contribution in [0.25, 0.3) is 6.08 Å². The van der Waals surface area contributed by atoms with Crippen LogP contribution in [0.1, 0.15) is 5.56 Å². The van der Waals surface area contributed by atoms with Crippen LogP contribution in [0.3, 0.4) is 0 Å². The molecule has 0 aliphatic carbocycles. The quantitative estimate of drug-likeness (QED) is 0.590. The average Bonchev–Trinajstić information content (AvgIpc) is 2.41. The summed E-state index contributed by atoms with van der Waals surface area (Å²) in [6.07, 6.45) is 2.51. The number of rotatable bonds is 4. The minimum atomic E-state index is -1.02. The molecular weight excluding hydrogens is 391 g/mol. The van der Waals surface area contributed by atoms with Crippen molar-refractivity contribution in [2.24, 2.45) is 0 Å². The summed E-state index contributed by atoms with van der Waals surface area (Å²) in [5, 5.41) is 9.13. The molecule has 20 heavy (non-hydrogen) atoms. The number of carboxylic acids is 1. The maximum absolute atomic E-state index is 10.6. The fourth-order valence-corrected chi connectivity index (χ4v) is 2.28. The van der Waals surface area contributed by atoms with Gasteiger partial charge in [-0.3, -0.25) is 0 Å². The van der Waals surface area contributed by atoms with Gasteiger partial charge < -0.3 is 9.84 Å². The molecule has 0 bridgehead atoms. The topological polar surface area (TPSA) is 46.5 Å². The molecule has 2 aromatic rings. The van der Waals surface area contributed by atoms with Crippen molar-refractivity contribution in [3.8, 4) is 11.5 Å². The molecule has 102 valence electrons. The highest BCUT2D eigenvalue weighted by atomic mass is 127. The Morgan fingerprint density at radius 1 is 1.20 bits per heavy atom. The highest BCUT2D eigenvalue weighted by Gasteiger charge is 2.09.